The molecule has 0 bridgehead atoms. The van der Waals surface area contributed by atoms with Gasteiger partial charge in [-0.15, -0.1) is 0 Å². The monoisotopic (exact) mass is 544 g/mol. The topological polar surface area (TPSA) is 93.4 Å². The summed E-state index contributed by atoms with van der Waals surface area (Å²) >= 11 is 0. The third-order valence-electron chi connectivity index (χ3n) is 7.51. The maximum absolute atomic E-state index is 13.4. The number of carbonyl (C=O) groups excluding carboxylic acids is 1. The number of fused-ring (bicyclic) bond motifs is 1. The van der Waals surface area contributed by atoms with Crippen LogP contribution in [0.1, 0.15) is 48.9 Å². The van der Waals surface area contributed by atoms with Gasteiger partial charge in [-0.1, -0.05) is 12.8 Å². The Hall–Kier alpha value is -3.37. The summed E-state index contributed by atoms with van der Waals surface area (Å²) in [5.74, 6) is -0.216. The number of alkyl halides is 2. The number of aliphatic hydroxyl groups is 1. The third kappa shape index (κ3) is 6.28. The molecule has 1 saturated heterocycles. The third-order valence-corrected chi connectivity index (χ3v) is 7.51. The van der Waals surface area contributed by atoms with Crippen LogP contribution >= 0.6 is 0 Å². The molecule has 0 unspecified atom stereocenters. The minimum absolute atomic E-state index is 0.0714. The van der Waals surface area contributed by atoms with E-state index in [0.29, 0.717) is 41.9 Å². The van der Waals surface area contributed by atoms with E-state index in [2.05, 4.69) is 10.2 Å². The first-order valence-corrected chi connectivity index (χ1v) is 13.5. The summed E-state index contributed by atoms with van der Waals surface area (Å²) in [4.78, 5) is 15.6. The van der Waals surface area contributed by atoms with Gasteiger partial charge in [-0.05, 0) is 68.6 Å². The highest BCUT2D eigenvalue weighted by atomic mass is 19.3. The number of rotatable bonds is 10. The van der Waals surface area contributed by atoms with Gasteiger partial charge in [0.25, 0.3) is 5.91 Å². The molecule has 2 aliphatic rings. The van der Waals surface area contributed by atoms with Gasteiger partial charge in [-0.3, -0.25) is 9.69 Å². The number of hydrogen-bond donors (Lipinski definition) is 2. The van der Waals surface area contributed by atoms with Crippen molar-refractivity contribution < 1.29 is 37.3 Å². The zero-order chi connectivity index (χ0) is 27.4. The summed E-state index contributed by atoms with van der Waals surface area (Å²) in [5.41, 5.74) is 1.53. The van der Waals surface area contributed by atoms with Crippen molar-refractivity contribution in [3.8, 4) is 28.4 Å². The molecule has 1 aliphatic carbocycles. The second-order valence-corrected chi connectivity index (χ2v) is 10.1. The minimum atomic E-state index is -3.15. The zero-order valence-electron chi connectivity index (χ0n) is 22.0. The minimum Gasteiger partial charge on any atom is -0.496 e. The Morgan fingerprint density at radius 2 is 1.90 bits per heavy atom. The van der Waals surface area contributed by atoms with Gasteiger partial charge in [0.05, 0.1) is 25.5 Å². The van der Waals surface area contributed by atoms with Crippen molar-refractivity contribution in [1.82, 2.24) is 10.2 Å². The van der Waals surface area contributed by atoms with Gasteiger partial charge < -0.3 is 29.1 Å². The molecule has 1 aromatic heterocycles. The Morgan fingerprint density at radius 3 is 2.64 bits per heavy atom. The van der Waals surface area contributed by atoms with Crippen LogP contribution in [0.25, 0.3) is 22.1 Å². The van der Waals surface area contributed by atoms with Crippen molar-refractivity contribution in [3.63, 3.8) is 0 Å². The summed E-state index contributed by atoms with van der Waals surface area (Å²) in [6.07, 6.45) is 6.18. The van der Waals surface area contributed by atoms with Gasteiger partial charge in [0.1, 0.15) is 35.0 Å². The molecule has 0 radical (unpaired) electrons. The number of benzene rings is 2. The maximum atomic E-state index is 13.4. The first kappa shape index (κ1) is 27.2. The fourth-order valence-electron chi connectivity index (χ4n) is 5.46. The number of carbonyl (C=O) groups is 1. The molecule has 10 heteroatoms. The highest BCUT2D eigenvalue weighted by molar-refractivity contribution is 6.02. The SMILES string of the molecule is COc1cc(-c2coc3cc(OCCN4CCCC4)ccc23)cc(OC(F)F)c1C(=O)N[C@H]1CCCC[C@H]1O. The van der Waals surface area contributed by atoms with E-state index in [9.17, 15) is 18.7 Å². The van der Waals surface area contributed by atoms with E-state index in [0.717, 1.165) is 37.9 Å². The molecule has 5 rings (SSSR count). The molecule has 1 amide bonds. The Balaban J connectivity index is 1.41. The number of likely N-dealkylation sites (tertiary alicyclic amines) is 1. The number of furan rings is 1. The van der Waals surface area contributed by atoms with Crippen molar-refractivity contribution in [2.24, 2.45) is 0 Å². The van der Waals surface area contributed by atoms with Crippen LogP contribution in [0.4, 0.5) is 8.78 Å². The number of aliphatic hydroxyl groups excluding tert-OH is 1. The zero-order valence-corrected chi connectivity index (χ0v) is 22.0. The quantitative estimate of drug-likeness (QED) is 0.362. The van der Waals surface area contributed by atoms with Crippen molar-refractivity contribution in [3.05, 3.63) is 42.2 Å². The average Bonchev–Trinajstić information content (AvgIpc) is 3.59. The Kier molecular flexibility index (Phi) is 8.52. The van der Waals surface area contributed by atoms with E-state index in [4.69, 9.17) is 18.6 Å². The van der Waals surface area contributed by atoms with Crippen LogP contribution in [-0.4, -0.2) is 68.0 Å². The summed E-state index contributed by atoms with van der Waals surface area (Å²) < 4.78 is 48.8. The molecule has 3 aromatic rings. The number of ether oxygens (including phenoxy) is 3. The second kappa shape index (κ2) is 12.2. The first-order chi connectivity index (χ1) is 18.9. The molecular formula is C29H34F2N2O6. The van der Waals surface area contributed by atoms with Gasteiger partial charge in [0.2, 0.25) is 0 Å². The van der Waals surface area contributed by atoms with Gasteiger partial charge >= 0.3 is 6.61 Å². The molecule has 1 aliphatic heterocycles. The van der Waals surface area contributed by atoms with E-state index in [1.54, 1.807) is 12.1 Å². The van der Waals surface area contributed by atoms with Crippen molar-refractivity contribution >= 4 is 16.9 Å². The molecule has 2 heterocycles. The standard InChI is InChI=1S/C29H34F2N2O6/c1-36-25-14-18(15-26(39-29(30)31)27(25)28(35)32-22-6-2-3-7-23(22)34)21-17-38-24-16-19(8-9-20(21)24)37-13-12-33-10-4-5-11-33/h8-9,14-17,22-23,29,34H,2-7,10-13H2,1H3,(H,32,35)/t22-,23+/m0/s1. The Morgan fingerprint density at radius 1 is 1.13 bits per heavy atom. The number of nitrogens with zero attached hydrogens (tertiary/aromatic N) is 1. The van der Waals surface area contributed by atoms with Crippen LogP contribution < -0.4 is 19.5 Å². The van der Waals surface area contributed by atoms with Gasteiger partial charge in [0, 0.05) is 23.6 Å². The predicted molar refractivity (Wildman–Crippen MR) is 142 cm³/mol. The largest absolute Gasteiger partial charge is 0.496 e. The molecule has 39 heavy (non-hydrogen) atoms. The number of hydrogen-bond acceptors (Lipinski definition) is 7. The first-order valence-electron chi connectivity index (χ1n) is 13.5. The van der Waals surface area contributed by atoms with Crippen LogP contribution in [0.5, 0.6) is 17.2 Å². The number of halogens is 2. The van der Waals surface area contributed by atoms with Crippen LogP contribution in [0.15, 0.2) is 41.0 Å². The number of nitrogens with one attached hydrogen (secondary N) is 1. The van der Waals surface area contributed by atoms with E-state index in [-0.39, 0.29) is 17.1 Å². The maximum Gasteiger partial charge on any atom is 0.387 e. The molecule has 8 nitrogen and oxygen atoms in total. The van der Waals surface area contributed by atoms with Gasteiger partial charge in [0.15, 0.2) is 0 Å². The summed E-state index contributed by atoms with van der Waals surface area (Å²) in [5, 5.41) is 13.8. The van der Waals surface area contributed by atoms with Crippen LogP contribution in [-0.2, 0) is 0 Å². The lowest BCUT2D eigenvalue weighted by atomic mass is 9.92. The molecule has 2 aromatic carbocycles. The van der Waals surface area contributed by atoms with E-state index >= 15 is 0 Å². The lowest BCUT2D eigenvalue weighted by Crippen LogP contribution is -2.45. The van der Waals surface area contributed by atoms with Crippen LogP contribution in [0.2, 0.25) is 0 Å². The van der Waals surface area contributed by atoms with Crippen molar-refractivity contribution in [2.75, 3.05) is 33.4 Å². The Labute approximate surface area is 225 Å². The molecule has 1 saturated carbocycles. The van der Waals surface area contributed by atoms with E-state index in [1.807, 2.05) is 12.1 Å². The van der Waals surface area contributed by atoms with Crippen LogP contribution in [0.3, 0.4) is 0 Å². The fraction of sp³-hybridized carbons (Fsp3) is 0.483. The molecule has 2 fully saturated rings. The van der Waals surface area contributed by atoms with E-state index < -0.39 is 24.7 Å². The highest BCUT2D eigenvalue weighted by Gasteiger charge is 2.29. The molecular weight excluding hydrogens is 510 g/mol. The van der Waals surface area contributed by atoms with E-state index in [1.165, 1.54) is 32.3 Å². The van der Waals surface area contributed by atoms with Crippen molar-refractivity contribution in [1.29, 1.82) is 0 Å². The Bertz CT molecular complexity index is 1290. The average molecular weight is 545 g/mol. The summed E-state index contributed by atoms with van der Waals surface area (Å²) in [6.45, 7) is 0.499. The smallest absolute Gasteiger partial charge is 0.387 e. The van der Waals surface area contributed by atoms with Gasteiger partial charge in [-0.25, -0.2) is 0 Å². The number of amides is 1. The van der Waals surface area contributed by atoms with Crippen molar-refractivity contribution in [2.45, 2.75) is 57.3 Å². The molecule has 2 N–H and O–H groups in total. The lowest BCUT2D eigenvalue weighted by molar-refractivity contribution is -0.0502. The molecule has 210 valence electrons. The summed E-state index contributed by atoms with van der Waals surface area (Å²) in [6, 6.07) is 8.00. The normalized spacial score (nSPS) is 19.9. The van der Waals surface area contributed by atoms with Gasteiger partial charge in [-0.2, -0.15) is 8.78 Å². The molecule has 0 spiro atoms. The van der Waals surface area contributed by atoms with Crippen LogP contribution in [0, 0.1) is 0 Å². The summed E-state index contributed by atoms with van der Waals surface area (Å²) in [7, 11) is 1.36. The highest BCUT2D eigenvalue weighted by Crippen LogP contribution is 2.40. The number of methoxy groups -OCH3 is 1. The fourth-order valence-corrected chi connectivity index (χ4v) is 5.46. The second-order valence-electron chi connectivity index (χ2n) is 10.1. The predicted octanol–water partition coefficient (Wildman–Crippen LogP) is 5.22. The molecule has 2 atom stereocenters. The lowest BCUT2D eigenvalue weighted by Gasteiger charge is -2.28.